The molecule has 3 aromatic rings. The Morgan fingerprint density at radius 1 is 1.11 bits per heavy atom. The van der Waals surface area contributed by atoms with Gasteiger partial charge >= 0.3 is 6.03 Å². The van der Waals surface area contributed by atoms with Gasteiger partial charge in [-0.05, 0) is 30.3 Å². The van der Waals surface area contributed by atoms with Crippen LogP contribution >= 0.6 is 0 Å². The van der Waals surface area contributed by atoms with Crippen molar-refractivity contribution in [1.82, 2.24) is 20.6 Å². The van der Waals surface area contributed by atoms with Gasteiger partial charge in [-0.15, -0.1) is 0 Å². The molecule has 0 saturated carbocycles. The molecule has 0 atom stereocenters. The van der Waals surface area contributed by atoms with E-state index in [9.17, 15) is 22.8 Å². The van der Waals surface area contributed by atoms with Crippen molar-refractivity contribution in [1.29, 1.82) is 0 Å². The van der Waals surface area contributed by atoms with Crippen LogP contribution in [0.15, 0.2) is 42.5 Å². The Hall–Kier alpha value is -4.07. The van der Waals surface area contributed by atoms with Crippen LogP contribution in [-0.2, 0) is 19.4 Å². The zero-order valence-corrected chi connectivity index (χ0v) is 21.3. The van der Waals surface area contributed by atoms with E-state index in [0.717, 1.165) is 6.26 Å². The fraction of sp³-hybridized carbons (Fsp3) is 0.280. The van der Waals surface area contributed by atoms with Crippen molar-refractivity contribution < 1.29 is 32.3 Å². The Morgan fingerprint density at radius 2 is 1.84 bits per heavy atom. The van der Waals surface area contributed by atoms with Crippen molar-refractivity contribution in [2.45, 2.75) is 0 Å². The molecule has 0 radical (unpaired) electrons. The maximum Gasteiger partial charge on any atom is 0.333 e. The van der Waals surface area contributed by atoms with Crippen LogP contribution in [0.2, 0.25) is 0 Å². The predicted octanol–water partition coefficient (Wildman–Crippen LogP) is 1.65. The number of benzene rings is 2. The molecule has 2 aliphatic rings. The van der Waals surface area contributed by atoms with Crippen LogP contribution < -0.4 is 15.5 Å². The number of Topliss-reactive ketones (excluding diaryl/α,β-unsaturated/α-hetero) is 1. The second-order valence-corrected chi connectivity index (χ2v) is 11.1. The first-order valence-corrected chi connectivity index (χ1v) is 13.8. The quantitative estimate of drug-likeness (QED) is 0.302. The Morgan fingerprint density at radius 3 is 2.55 bits per heavy atom. The van der Waals surface area contributed by atoms with Gasteiger partial charge in [-0.25, -0.2) is 18.2 Å². The third-order valence-corrected chi connectivity index (χ3v) is 6.87. The third-order valence-electron chi connectivity index (χ3n) is 6.02. The average Bonchev–Trinajstić information content (AvgIpc) is 3.43. The number of fused-ring (bicyclic) bond motifs is 3. The molecule has 1 aromatic heterocycles. The molecule has 2 amide bonds. The Kier molecular flexibility index (Phi) is 6.97. The van der Waals surface area contributed by atoms with E-state index in [1.165, 1.54) is 0 Å². The van der Waals surface area contributed by atoms with Gasteiger partial charge in [-0.2, -0.15) is 5.10 Å². The van der Waals surface area contributed by atoms with Crippen LogP contribution in [0.5, 0.6) is 5.75 Å². The lowest BCUT2D eigenvalue weighted by Crippen LogP contribution is -2.49. The van der Waals surface area contributed by atoms with E-state index in [4.69, 9.17) is 9.47 Å². The van der Waals surface area contributed by atoms with Gasteiger partial charge in [0.1, 0.15) is 23.8 Å². The van der Waals surface area contributed by atoms with Crippen LogP contribution in [0.4, 0.5) is 10.5 Å². The second-order valence-electron chi connectivity index (χ2n) is 8.97. The standard InChI is InChI=1S/C25H25N5O7S/c1-38(34,35)14-16(31)13-37-17-7-5-15(6-8-17)22-21-23(28-27-22)18-3-2-4-19(20(18)24(21)32)26-25(33)29-30-9-11-36-12-10-30/h2-8H,9-14H2,1H3,(H,27,28)(H2,26,29,33). The number of anilines is 1. The lowest BCUT2D eigenvalue weighted by atomic mass is 10.0. The number of ketones is 2. The summed E-state index contributed by atoms with van der Waals surface area (Å²) in [6.07, 6.45) is 0.987. The molecule has 12 nitrogen and oxygen atoms in total. The van der Waals surface area contributed by atoms with Gasteiger partial charge in [0.25, 0.3) is 0 Å². The SMILES string of the molecule is CS(=O)(=O)CC(=O)COc1ccc(-c2n[nH]c3c2C(=O)c2c(NC(=O)NN4CCOCC4)cccc2-3)cc1. The van der Waals surface area contributed by atoms with Gasteiger partial charge in [0.05, 0.1) is 35.7 Å². The van der Waals surface area contributed by atoms with Crippen molar-refractivity contribution >= 4 is 33.1 Å². The maximum atomic E-state index is 13.5. The molecular weight excluding hydrogens is 514 g/mol. The molecule has 1 fully saturated rings. The van der Waals surface area contributed by atoms with Crippen LogP contribution in [0.1, 0.15) is 15.9 Å². The molecule has 0 bridgehead atoms. The van der Waals surface area contributed by atoms with Crippen molar-refractivity contribution in [2.75, 3.05) is 50.2 Å². The number of rotatable bonds is 8. The molecule has 198 valence electrons. The predicted molar refractivity (Wildman–Crippen MR) is 138 cm³/mol. The average molecular weight is 540 g/mol. The number of ether oxygens (including phenoxy) is 2. The topological polar surface area (TPSA) is 160 Å². The van der Waals surface area contributed by atoms with Gasteiger partial charge in [-0.3, -0.25) is 20.1 Å². The molecule has 0 unspecified atom stereocenters. The minimum atomic E-state index is -3.42. The molecule has 1 saturated heterocycles. The summed E-state index contributed by atoms with van der Waals surface area (Å²) in [5, 5.41) is 11.8. The Labute approximate surface area is 218 Å². The highest BCUT2D eigenvalue weighted by Gasteiger charge is 2.35. The number of hydrazine groups is 1. The highest BCUT2D eigenvalue weighted by Crippen LogP contribution is 2.43. The molecular formula is C25H25N5O7S. The van der Waals surface area contributed by atoms with E-state index < -0.39 is 27.4 Å². The largest absolute Gasteiger partial charge is 0.486 e. The van der Waals surface area contributed by atoms with E-state index in [1.807, 2.05) is 0 Å². The van der Waals surface area contributed by atoms with Crippen molar-refractivity contribution in [3.8, 4) is 28.3 Å². The molecule has 1 aliphatic heterocycles. The normalized spacial score (nSPS) is 15.0. The number of hydrogen-bond donors (Lipinski definition) is 3. The lowest BCUT2D eigenvalue weighted by molar-refractivity contribution is -0.118. The minimum Gasteiger partial charge on any atom is -0.486 e. The monoisotopic (exact) mass is 539 g/mol. The fourth-order valence-electron chi connectivity index (χ4n) is 4.38. The van der Waals surface area contributed by atoms with E-state index in [0.29, 0.717) is 71.4 Å². The second kappa shape index (κ2) is 10.4. The third kappa shape index (κ3) is 5.44. The first-order valence-electron chi connectivity index (χ1n) is 11.8. The summed E-state index contributed by atoms with van der Waals surface area (Å²) in [6, 6.07) is 11.4. The summed E-state index contributed by atoms with van der Waals surface area (Å²) < 4.78 is 33.2. The number of carbonyl (C=O) groups excluding carboxylic acids is 3. The Bertz CT molecular complexity index is 1510. The summed E-state index contributed by atoms with van der Waals surface area (Å²) in [4.78, 5) is 37.9. The number of hydrogen-bond acceptors (Lipinski definition) is 9. The number of aromatic amines is 1. The highest BCUT2D eigenvalue weighted by molar-refractivity contribution is 7.91. The fourth-order valence-corrected chi connectivity index (χ4v) is 5.05. The molecule has 2 aromatic carbocycles. The van der Waals surface area contributed by atoms with Gasteiger partial charge < -0.3 is 14.8 Å². The van der Waals surface area contributed by atoms with Crippen LogP contribution in [0.3, 0.4) is 0 Å². The summed E-state index contributed by atoms with van der Waals surface area (Å²) in [5.41, 5.74) is 6.18. The van der Waals surface area contributed by atoms with Crippen molar-refractivity contribution in [2.24, 2.45) is 0 Å². The highest BCUT2D eigenvalue weighted by atomic mass is 32.2. The summed E-state index contributed by atoms with van der Waals surface area (Å²) in [7, 11) is -3.42. The summed E-state index contributed by atoms with van der Waals surface area (Å²) in [6.45, 7) is 1.82. The number of nitrogens with one attached hydrogen (secondary N) is 3. The lowest BCUT2D eigenvalue weighted by Gasteiger charge is -2.27. The number of carbonyl (C=O) groups is 3. The zero-order chi connectivity index (χ0) is 26.9. The number of urea groups is 1. The number of aromatic nitrogens is 2. The minimum absolute atomic E-state index is 0.271. The van der Waals surface area contributed by atoms with E-state index in [2.05, 4.69) is 20.9 Å². The molecule has 5 rings (SSSR count). The number of H-pyrrole nitrogens is 1. The maximum absolute atomic E-state index is 13.5. The Balaban J connectivity index is 1.31. The van der Waals surface area contributed by atoms with E-state index in [1.54, 1.807) is 47.5 Å². The molecule has 13 heteroatoms. The van der Waals surface area contributed by atoms with E-state index in [-0.39, 0.29) is 12.4 Å². The van der Waals surface area contributed by atoms with Gasteiger partial charge in [0.15, 0.2) is 21.4 Å². The summed E-state index contributed by atoms with van der Waals surface area (Å²) in [5.74, 6) is -1.03. The summed E-state index contributed by atoms with van der Waals surface area (Å²) >= 11 is 0. The molecule has 0 spiro atoms. The molecule has 38 heavy (non-hydrogen) atoms. The number of sulfone groups is 1. The van der Waals surface area contributed by atoms with Gasteiger partial charge in [0, 0.05) is 30.5 Å². The molecule has 3 N–H and O–H groups in total. The van der Waals surface area contributed by atoms with Crippen molar-refractivity contribution in [3.05, 3.63) is 53.6 Å². The molecule has 1 aliphatic carbocycles. The van der Waals surface area contributed by atoms with Gasteiger partial charge in [0.2, 0.25) is 0 Å². The van der Waals surface area contributed by atoms with Crippen LogP contribution in [0.25, 0.3) is 22.5 Å². The zero-order valence-electron chi connectivity index (χ0n) is 20.4. The first-order chi connectivity index (χ1) is 18.2. The molecule has 2 heterocycles. The number of nitrogens with zero attached hydrogens (tertiary/aromatic N) is 2. The first kappa shape index (κ1) is 25.6. The smallest absolute Gasteiger partial charge is 0.333 e. The van der Waals surface area contributed by atoms with Gasteiger partial charge in [-0.1, -0.05) is 12.1 Å². The van der Waals surface area contributed by atoms with Crippen LogP contribution in [0, 0.1) is 0 Å². The van der Waals surface area contributed by atoms with Crippen LogP contribution in [-0.4, -0.2) is 86.1 Å². The van der Waals surface area contributed by atoms with E-state index >= 15 is 0 Å². The van der Waals surface area contributed by atoms with Crippen molar-refractivity contribution in [3.63, 3.8) is 0 Å². The number of morpholine rings is 1. The number of amides is 2.